The molecule has 0 amide bonds. The Hall–Kier alpha value is -0.615. The van der Waals surface area contributed by atoms with Crippen LogP contribution < -0.4 is 0 Å². The third kappa shape index (κ3) is 0.900. The van der Waals surface area contributed by atoms with E-state index in [9.17, 15) is 26.3 Å². The summed E-state index contributed by atoms with van der Waals surface area (Å²) in [6.07, 6.45) is 0. The summed E-state index contributed by atoms with van der Waals surface area (Å²) >= 11 is 0. The van der Waals surface area contributed by atoms with Crippen molar-refractivity contribution in [2.45, 2.75) is 24.7 Å². The van der Waals surface area contributed by atoms with Crippen LogP contribution in [0, 0.1) is 0 Å². The first-order valence-corrected chi connectivity index (χ1v) is 3.17. The maximum absolute atomic E-state index is 12.5. The summed E-state index contributed by atoms with van der Waals surface area (Å²) < 4.78 is 74.6. The molecule has 0 aromatic carbocycles. The molecule has 1 aliphatic carbocycles. The van der Waals surface area contributed by atoms with Crippen LogP contribution in [0.3, 0.4) is 0 Å². The van der Waals surface area contributed by atoms with Crippen molar-refractivity contribution in [1.29, 1.82) is 0 Å². The highest BCUT2D eigenvalue weighted by atomic mass is 19.3. The molecule has 0 N–H and O–H groups in total. The summed E-state index contributed by atoms with van der Waals surface area (Å²) in [6, 6.07) is 0. The van der Waals surface area contributed by atoms with Crippen molar-refractivity contribution in [2.75, 3.05) is 0 Å². The number of hydrogen-bond donors (Lipinski definition) is 0. The minimum atomic E-state index is -5.44. The minimum absolute atomic E-state index is 0.462. The molecular weight excluding hydrogens is 197 g/mol. The average Bonchev–Trinajstić information content (AvgIpc) is 2.05. The van der Waals surface area contributed by atoms with E-state index in [4.69, 9.17) is 0 Å². The van der Waals surface area contributed by atoms with Crippen LogP contribution in [0.5, 0.6) is 0 Å². The average molecular weight is 200 g/mol. The van der Waals surface area contributed by atoms with Gasteiger partial charge >= 0.3 is 17.8 Å². The predicted molar refractivity (Wildman–Crippen MR) is 33.3 cm³/mol. The van der Waals surface area contributed by atoms with Gasteiger partial charge in [0.05, 0.1) is 0 Å². The molecule has 0 spiro atoms. The first kappa shape index (κ1) is 10.5. The zero-order chi connectivity index (χ0) is 10.7. The van der Waals surface area contributed by atoms with Crippen LogP contribution in [0.15, 0.2) is 11.0 Å². The summed E-state index contributed by atoms with van der Waals surface area (Å²) in [4.78, 5) is 0. The fraction of sp³-hybridized carbons (Fsp3) is 0.667. The topological polar surface area (TPSA) is 0 Å². The smallest absolute Gasteiger partial charge is 0.195 e. The minimum Gasteiger partial charge on any atom is -0.195 e. The van der Waals surface area contributed by atoms with Gasteiger partial charge in [0.1, 0.15) is 7.85 Å². The molecule has 0 saturated carbocycles. The SMILES string of the molecule is [B]C1=C(C)C(F)(F)C(F)(F)C1(F)F. The highest BCUT2D eigenvalue weighted by molar-refractivity contribution is 6.23. The molecule has 13 heavy (non-hydrogen) atoms. The molecule has 72 valence electrons. The van der Waals surface area contributed by atoms with Gasteiger partial charge in [-0.25, -0.2) is 0 Å². The Kier molecular flexibility index (Phi) is 1.81. The molecule has 7 heteroatoms. The third-order valence-corrected chi connectivity index (χ3v) is 2.00. The van der Waals surface area contributed by atoms with E-state index in [0.29, 0.717) is 6.92 Å². The lowest BCUT2D eigenvalue weighted by Crippen LogP contribution is -2.49. The summed E-state index contributed by atoms with van der Waals surface area (Å²) in [7, 11) is 4.48. The van der Waals surface area contributed by atoms with Crippen molar-refractivity contribution in [2.24, 2.45) is 0 Å². The maximum Gasteiger partial charge on any atom is 0.379 e. The summed E-state index contributed by atoms with van der Waals surface area (Å²) in [5.74, 6) is -15.3. The van der Waals surface area contributed by atoms with Gasteiger partial charge in [-0.3, -0.25) is 0 Å². The van der Waals surface area contributed by atoms with Crippen LogP contribution in [0.25, 0.3) is 0 Å². The van der Waals surface area contributed by atoms with Crippen LogP contribution in [-0.4, -0.2) is 25.6 Å². The van der Waals surface area contributed by atoms with Gasteiger partial charge in [0.2, 0.25) is 0 Å². The first-order valence-electron chi connectivity index (χ1n) is 3.17. The van der Waals surface area contributed by atoms with Crippen LogP contribution >= 0.6 is 0 Å². The van der Waals surface area contributed by atoms with E-state index >= 15 is 0 Å². The van der Waals surface area contributed by atoms with Crippen molar-refractivity contribution >= 4 is 7.85 Å². The largest absolute Gasteiger partial charge is 0.379 e. The summed E-state index contributed by atoms with van der Waals surface area (Å²) in [5, 5.41) is 0. The van der Waals surface area contributed by atoms with E-state index in [1.165, 1.54) is 0 Å². The molecule has 0 aliphatic heterocycles. The Balaban J connectivity index is 3.39. The highest BCUT2D eigenvalue weighted by Crippen LogP contribution is 2.57. The molecule has 1 rings (SSSR count). The molecule has 2 radical (unpaired) electrons. The second kappa shape index (κ2) is 2.25. The van der Waals surface area contributed by atoms with Crippen LogP contribution in [0.4, 0.5) is 26.3 Å². The molecule has 1 aliphatic rings. The number of halogens is 6. The van der Waals surface area contributed by atoms with Crippen LogP contribution in [-0.2, 0) is 0 Å². The molecule has 0 atom stereocenters. The highest BCUT2D eigenvalue weighted by Gasteiger charge is 2.77. The summed E-state index contributed by atoms with van der Waals surface area (Å²) in [6.45, 7) is 0.462. The van der Waals surface area contributed by atoms with Gasteiger partial charge in [-0.15, -0.1) is 0 Å². The van der Waals surface area contributed by atoms with Crippen molar-refractivity contribution in [3.8, 4) is 0 Å². The van der Waals surface area contributed by atoms with E-state index < -0.39 is 28.8 Å². The fourth-order valence-corrected chi connectivity index (χ4v) is 1.01. The van der Waals surface area contributed by atoms with Gasteiger partial charge in [0.15, 0.2) is 0 Å². The molecule has 0 heterocycles. The Morgan fingerprint density at radius 2 is 1.31 bits per heavy atom. The van der Waals surface area contributed by atoms with Gasteiger partial charge in [0, 0.05) is 0 Å². The number of rotatable bonds is 0. The van der Waals surface area contributed by atoms with E-state index in [2.05, 4.69) is 7.85 Å². The van der Waals surface area contributed by atoms with E-state index in [1.807, 2.05) is 0 Å². The zero-order valence-electron chi connectivity index (χ0n) is 6.35. The second-order valence-electron chi connectivity index (χ2n) is 2.76. The van der Waals surface area contributed by atoms with Gasteiger partial charge in [0.25, 0.3) is 0 Å². The van der Waals surface area contributed by atoms with Gasteiger partial charge in [-0.1, -0.05) is 0 Å². The number of alkyl halides is 6. The standard InChI is InChI=1S/C6H3BF6/c1-2-3(7)5(10,11)6(12,13)4(2,8)9/h1H3. The van der Waals surface area contributed by atoms with Gasteiger partial charge in [-0.05, 0) is 18.0 Å². The Labute approximate surface area is 71.0 Å². The lowest BCUT2D eigenvalue weighted by Gasteiger charge is -2.25. The number of allylic oxidation sites excluding steroid dienone is 2. The third-order valence-electron chi connectivity index (χ3n) is 2.00. The fourth-order valence-electron chi connectivity index (χ4n) is 1.01. The molecule has 0 nitrogen and oxygen atoms in total. The van der Waals surface area contributed by atoms with Crippen LogP contribution in [0.1, 0.15) is 6.92 Å². The van der Waals surface area contributed by atoms with Crippen LogP contribution in [0.2, 0.25) is 0 Å². The maximum atomic E-state index is 12.5. The number of hydrogen-bond acceptors (Lipinski definition) is 0. The Morgan fingerprint density at radius 1 is 0.923 bits per heavy atom. The zero-order valence-corrected chi connectivity index (χ0v) is 6.35. The molecule has 0 saturated heterocycles. The van der Waals surface area contributed by atoms with E-state index in [-0.39, 0.29) is 0 Å². The second-order valence-corrected chi connectivity index (χ2v) is 2.76. The van der Waals surface area contributed by atoms with Gasteiger partial charge < -0.3 is 0 Å². The van der Waals surface area contributed by atoms with Crippen molar-refractivity contribution in [3.63, 3.8) is 0 Å². The first-order chi connectivity index (χ1) is 5.57. The van der Waals surface area contributed by atoms with Crippen molar-refractivity contribution in [1.82, 2.24) is 0 Å². The van der Waals surface area contributed by atoms with Gasteiger partial charge in [-0.2, -0.15) is 26.3 Å². The lowest BCUT2D eigenvalue weighted by molar-refractivity contribution is -0.263. The lowest BCUT2D eigenvalue weighted by atomic mass is 9.89. The molecule has 0 bridgehead atoms. The Morgan fingerprint density at radius 3 is 1.38 bits per heavy atom. The van der Waals surface area contributed by atoms with Crippen molar-refractivity contribution < 1.29 is 26.3 Å². The van der Waals surface area contributed by atoms with Crippen molar-refractivity contribution in [3.05, 3.63) is 11.0 Å². The van der Waals surface area contributed by atoms with E-state index in [1.54, 1.807) is 0 Å². The summed E-state index contributed by atoms with van der Waals surface area (Å²) in [5.41, 5.74) is -3.22. The monoisotopic (exact) mass is 200 g/mol. The predicted octanol–water partition coefficient (Wildman–Crippen LogP) is 2.35. The molecular formula is C6H3BF6. The molecule has 0 aromatic rings. The molecule has 0 fully saturated rings. The Bertz CT molecular complexity index is 253. The normalized spacial score (nSPS) is 29.5. The van der Waals surface area contributed by atoms with E-state index in [0.717, 1.165) is 0 Å². The molecule has 0 unspecified atom stereocenters. The quantitative estimate of drug-likeness (QED) is 0.415. The molecule has 0 aromatic heterocycles.